The number of rotatable bonds is 8. The first-order valence-corrected chi connectivity index (χ1v) is 11.3. The average Bonchev–Trinajstić information content (AvgIpc) is 3.26. The van der Waals surface area contributed by atoms with Crippen molar-refractivity contribution in [2.45, 2.75) is 27.2 Å². The number of aryl methyl sites for hydroxylation is 2. The zero-order valence-corrected chi connectivity index (χ0v) is 20.0. The van der Waals surface area contributed by atoms with Crippen LogP contribution < -0.4 is 14.8 Å². The van der Waals surface area contributed by atoms with E-state index in [1.165, 1.54) is 0 Å². The standard InChI is InChI=1S/C26H24BrN3O3/c1-18-4-3-5-19(2)25(18)32-16-20-6-8-21(9-7-20)26(31)29-23-14-28-30(15-23)17-33-24-12-10-22(27)11-13-24/h3-15H,16-17H2,1-2H3,(H,29,31). The summed E-state index contributed by atoms with van der Waals surface area (Å²) in [7, 11) is 0. The van der Waals surface area contributed by atoms with E-state index in [2.05, 4.69) is 26.3 Å². The summed E-state index contributed by atoms with van der Waals surface area (Å²) in [4.78, 5) is 12.6. The Kier molecular flexibility index (Phi) is 7.10. The number of para-hydroxylation sites is 1. The van der Waals surface area contributed by atoms with Crippen LogP contribution in [-0.2, 0) is 13.3 Å². The molecular formula is C26H24BrN3O3. The maximum absolute atomic E-state index is 12.6. The van der Waals surface area contributed by atoms with E-state index >= 15 is 0 Å². The van der Waals surface area contributed by atoms with Crippen molar-refractivity contribution in [3.63, 3.8) is 0 Å². The van der Waals surface area contributed by atoms with E-state index in [4.69, 9.17) is 9.47 Å². The molecule has 4 rings (SSSR count). The maximum atomic E-state index is 12.6. The summed E-state index contributed by atoms with van der Waals surface area (Å²) in [6, 6.07) is 21.0. The molecule has 1 N–H and O–H groups in total. The quantitative estimate of drug-likeness (QED) is 0.312. The van der Waals surface area contributed by atoms with E-state index in [0.29, 0.717) is 17.9 Å². The molecule has 0 fully saturated rings. The van der Waals surface area contributed by atoms with E-state index in [1.54, 1.807) is 29.2 Å². The number of aromatic nitrogens is 2. The number of carbonyl (C=O) groups is 1. The van der Waals surface area contributed by atoms with Crippen molar-refractivity contribution in [1.29, 1.82) is 0 Å². The predicted octanol–water partition coefficient (Wildman–Crippen LogP) is 6.13. The normalized spacial score (nSPS) is 10.6. The van der Waals surface area contributed by atoms with Crippen LogP contribution in [0.3, 0.4) is 0 Å². The largest absolute Gasteiger partial charge is 0.488 e. The SMILES string of the molecule is Cc1cccc(C)c1OCc1ccc(C(=O)Nc2cnn(COc3ccc(Br)cc3)c2)cc1. The van der Waals surface area contributed by atoms with Crippen LogP contribution in [0.1, 0.15) is 27.0 Å². The van der Waals surface area contributed by atoms with E-state index in [1.807, 2.05) is 68.4 Å². The molecule has 0 aliphatic carbocycles. The fourth-order valence-corrected chi connectivity index (χ4v) is 3.57. The highest BCUT2D eigenvalue weighted by atomic mass is 79.9. The molecule has 1 aromatic heterocycles. The summed E-state index contributed by atoms with van der Waals surface area (Å²) >= 11 is 3.39. The lowest BCUT2D eigenvalue weighted by molar-refractivity contribution is 0.102. The number of hydrogen-bond donors (Lipinski definition) is 1. The summed E-state index contributed by atoms with van der Waals surface area (Å²) < 4.78 is 14.3. The Morgan fingerprint density at radius 2 is 1.67 bits per heavy atom. The third kappa shape index (κ3) is 6.02. The zero-order valence-electron chi connectivity index (χ0n) is 18.4. The minimum Gasteiger partial charge on any atom is -0.488 e. The molecule has 33 heavy (non-hydrogen) atoms. The Balaban J connectivity index is 1.30. The lowest BCUT2D eigenvalue weighted by atomic mass is 10.1. The van der Waals surface area contributed by atoms with Crippen molar-refractivity contribution >= 4 is 27.5 Å². The molecule has 0 unspecified atom stereocenters. The van der Waals surface area contributed by atoms with Crippen molar-refractivity contribution in [2.75, 3.05) is 5.32 Å². The van der Waals surface area contributed by atoms with Gasteiger partial charge in [-0.05, 0) is 66.9 Å². The second kappa shape index (κ2) is 10.4. The van der Waals surface area contributed by atoms with Crippen LogP contribution >= 0.6 is 15.9 Å². The van der Waals surface area contributed by atoms with Gasteiger partial charge in [0.2, 0.25) is 0 Å². The Bertz CT molecular complexity index is 1210. The van der Waals surface area contributed by atoms with Crippen molar-refractivity contribution in [3.05, 3.63) is 106 Å². The summed E-state index contributed by atoms with van der Waals surface area (Å²) in [5.41, 5.74) is 4.36. The Morgan fingerprint density at radius 1 is 0.970 bits per heavy atom. The molecule has 0 aliphatic heterocycles. The molecule has 6 nitrogen and oxygen atoms in total. The molecule has 1 heterocycles. The molecule has 1 amide bonds. The van der Waals surface area contributed by atoms with Gasteiger partial charge in [0, 0.05) is 10.0 Å². The third-order valence-corrected chi connectivity index (χ3v) is 5.60. The first-order chi connectivity index (χ1) is 16.0. The summed E-state index contributed by atoms with van der Waals surface area (Å²) in [5, 5.41) is 7.09. The molecule has 0 spiro atoms. The van der Waals surface area contributed by atoms with Crippen LogP contribution in [0.2, 0.25) is 0 Å². The first kappa shape index (κ1) is 22.6. The highest BCUT2D eigenvalue weighted by molar-refractivity contribution is 9.10. The van der Waals surface area contributed by atoms with E-state index in [9.17, 15) is 4.79 Å². The van der Waals surface area contributed by atoms with Gasteiger partial charge in [-0.15, -0.1) is 0 Å². The molecule has 0 aliphatic rings. The number of hydrogen-bond acceptors (Lipinski definition) is 4. The Hall–Kier alpha value is -3.58. The van der Waals surface area contributed by atoms with Crippen molar-refractivity contribution in [3.8, 4) is 11.5 Å². The Morgan fingerprint density at radius 3 is 2.36 bits per heavy atom. The highest BCUT2D eigenvalue weighted by Gasteiger charge is 2.09. The maximum Gasteiger partial charge on any atom is 0.255 e. The first-order valence-electron chi connectivity index (χ1n) is 10.5. The van der Waals surface area contributed by atoms with E-state index in [-0.39, 0.29) is 12.6 Å². The topological polar surface area (TPSA) is 65.4 Å². The van der Waals surface area contributed by atoms with E-state index < -0.39 is 0 Å². The van der Waals surface area contributed by atoms with Gasteiger partial charge in [-0.1, -0.05) is 46.3 Å². The number of anilines is 1. The van der Waals surface area contributed by atoms with Crippen molar-refractivity contribution in [1.82, 2.24) is 9.78 Å². The van der Waals surface area contributed by atoms with Crippen LogP contribution in [0, 0.1) is 13.8 Å². The smallest absolute Gasteiger partial charge is 0.255 e. The number of nitrogens with zero attached hydrogens (tertiary/aromatic N) is 2. The Labute approximate surface area is 201 Å². The number of nitrogens with one attached hydrogen (secondary N) is 1. The van der Waals surface area contributed by atoms with Crippen LogP contribution in [0.5, 0.6) is 11.5 Å². The summed E-state index contributed by atoms with van der Waals surface area (Å²) in [6.07, 6.45) is 3.32. The van der Waals surface area contributed by atoms with Crippen LogP contribution in [0.4, 0.5) is 5.69 Å². The lowest BCUT2D eigenvalue weighted by Crippen LogP contribution is -2.11. The molecule has 168 valence electrons. The van der Waals surface area contributed by atoms with Gasteiger partial charge in [-0.2, -0.15) is 5.10 Å². The summed E-state index contributed by atoms with van der Waals surface area (Å²) in [6.45, 7) is 4.75. The number of amides is 1. The van der Waals surface area contributed by atoms with Gasteiger partial charge < -0.3 is 14.8 Å². The number of ether oxygens (including phenoxy) is 2. The monoisotopic (exact) mass is 505 g/mol. The summed E-state index contributed by atoms with van der Waals surface area (Å²) in [5.74, 6) is 1.44. The fourth-order valence-electron chi connectivity index (χ4n) is 3.31. The molecular weight excluding hydrogens is 482 g/mol. The molecule has 0 saturated carbocycles. The lowest BCUT2D eigenvalue weighted by Gasteiger charge is -2.12. The van der Waals surface area contributed by atoms with Gasteiger partial charge in [-0.25, -0.2) is 4.68 Å². The van der Waals surface area contributed by atoms with Crippen molar-refractivity contribution < 1.29 is 14.3 Å². The van der Waals surface area contributed by atoms with E-state index in [0.717, 1.165) is 32.7 Å². The predicted molar refractivity (Wildman–Crippen MR) is 132 cm³/mol. The molecule has 4 aromatic rings. The minimum absolute atomic E-state index is 0.203. The van der Waals surface area contributed by atoms with Gasteiger partial charge in [0.15, 0.2) is 6.73 Å². The van der Waals surface area contributed by atoms with Gasteiger partial charge in [0.1, 0.15) is 18.1 Å². The molecule has 7 heteroatoms. The number of halogens is 1. The average molecular weight is 506 g/mol. The molecule has 0 radical (unpaired) electrons. The third-order valence-electron chi connectivity index (χ3n) is 5.08. The van der Waals surface area contributed by atoms with Gasteiger partial charge in [-0.3, -0.25) is 4.79 Å². The van der Waals surface area contributed by atoms with Crippen LogP contribution in [0.25, 0.3) is 0 Å². The number of carbonyl (C=O) groups excluding carboxylic acids is 1. The van der Waals surface area contributed by atoms with Crippen molar-refractivity contribution in [2.24, 2.45) is 0 Å². The number of benzene rings is 3. The van der Waals surface area contributed by atoms with Gasteiger partial charge in [0.05, 0.1) is 18.1 Å². The molecule has 0 saturated heterocycles. The second-order valence-corrected chi connectivity index (χ2v) is 8.57. The van der Waals surface area contributed by atoms with Gasteiger partial charge >= 0.3 is 0 Å². The zero-order chi connectivity index (χ0) is 23.2. The molecule has 3 aromatic carbocycles. The second-order valence-electron chi connectivity index (χ2n) is 7.66. The van der Waals surface area contributed by atoms with Gasteiger partial charge in [0.25, 0.3) is 5.91 Å². The minimum atomic E-state index is -0.203. The molecule has 0 atom stereocenters. The molecule has 0 bridgehead atoms. The fraction of sp³-hybridized carbons (Fsp3) is 0.154. The van der Waals surface area contributed by atoms with Crippen LogP contribution in [-0.4, -0.2) is 15.7 Å². The highest BCUT2D eigenvalue weighted by Crippen LogP contribution is 2.23. The van der Waals surface area contributed by atoms with Crippen LogP contribution in [0.15, 0.2) is 83.6 Å².